The SMILES string of the molecule is CN1CCC(CCN=C(N)Nc2ccccc2)CC1. The predicted molar refractivity (Wildman–Crippen MR) is 81.4 cm³/mol. The van der Waals surface area contributed by atoms with Crippen molar-refractivity contribution in [3.63, 3.8) is 0 Å². The number of likely N-dealkylation sites (tertiary alicyclic amines) is 1. The first-order valence-electron chi connectivity index (χ1n) is 7.04. The Morgan fingerprint density at radius 3 is 2.68 bits per heavy atom. The molecular formula is C15H24N4. The average molecular weight is 260 g/mol. The van der Waals surface area contributed by atoms with Crippen LogP contribution in [-0.4, -0.2) is 37.5 Å². The molecular weight excluding hydrogens is 236 g/mol. The summed E-state index contributed by atoms with van der Waals surface area (Å²) < 4.78 is 0. The Kier molecular flexibility index (Phi) is 5.21. The Morgan fingerprint density at radius 2 is 2.00 bits per heavy atom. The van der Waals surface area contributed by atoms with Crippen molar-refractivity contribution < 1.29 is 0 Å². The molecule has 0 atom stereocenters. The Labute approximate surface area is 115 Å². The first-order chi connectivity index (χ1) is 9.24. The third-order valence-electron chi connectivity index (χ3n) is 3.70. The van der Waals surface area contributed by atoms with E-state index >= 15 is 0 Å². The van der Waals surface area contributed by atoms with Crippen molar-refractivity contribution in [1.29, 1.82) is 0 Å². The second-order valence-electron chi connectivity index (χ2n) is 5.29. The molecule has 0 unspecified atom stereocenters. The molecule has 1 aliphatic rings. The largest absolute Gasteiger partial charge is 0.370 e. The molecule has 2 rings (SSSR count). The van der Waals surface area contributed by atoms with Crippen molar-refractivity contribution in [1.82, 2.24) is 4.90 Å². The molecule has 1 heterocycles. The van der Waals surface area contributed by atoms with Crippen molar-refractivity contribution in [2.45, 2.75) is 19.3 Å². The molecule has 1 aliphatic heterocycles. The van der Waals surface area contributed by atoms with Crippen molar-refractivity contribution in [3.8, 4) is 0 Å². The molecule has 1 fully saturated rings. The molecule has 1 aromatic rings. The Bertz CT molecular complexity index is 394. The van der Waals surface area contributed by atoms with E-state index in [1.54, 1.807) is 0 Å². The zero-order valence-electron chi connectivity index (χ0n) is 11.7. The number of nitrogens with zero attached hydrogens (tertiary/aromatic N) is 2. The van der Waals surface area contributed by atoms with E-state index in [0.29, 0.717) is 5.96 Å². The number of anilines is 1. The van der Waals surface area contributed by atoms with Gasteiger partial charge in [-0.15, -0.1) is 0 Å². The van der Waals surface area contributed by atoms with Gasteiger partial charge in [-0.1, -0.05) is 18.2 Å². The van der Waals surface area contributed by atoms with Gasteiger partial charge in [0.15, 0.2) is 5.96 Å². The number of rotatable bonds is 4. The fourth-order valence-electron chi connectivity index (χ4n) is 2.43. The lowest BCUT2D eigenvalue weighted by atomic mass is 9.94. The first kappa shape index (κ1) is 13.9. The van der Waals surface area contributed by atoms with Gasteiger partial charge >= 0.3 is 0 Å². The van der Waals surface area contributed by atoms with Crippen molar-refractivity contribution in [3.05, 3.63) is 30.3 Å². The maximum Gasteiger partial charge on any atom is 0.193 e. The number of benzene rings is 1. The van der Waals surface area contributed by atoms with Gasteiger partial charge in [0.25, 0.3) is 0 Å². The average Bonchev–Trinajstić information content (AvgIpc) is 2.42. The lowest BCUT2D eigenvalue weighted by Crippen LogP contribution is -2.30. The highest BCUT2D eigenvalue weighted by Gasteiger charge is 2.15. The van der Waals surface area contributed by atoms with Gasteiger partial charge in [0, 0.05) is 12.2 Å². The predicted octanol–water partition coefficient (Wildman–Crippen LogP) is 2.15. The normalized spacial score (nSPS) is 18.5. The zero-order chi connectivity index (χ0) is 13.5. The topological polar surface area (TPSA) is 53.6 Å². The molecule has 3 N–H and O–H groups in total. The molecule has 0 bridgehead atoms. The van der Waals surface area contributed by atoms with E-state index in [0.717, 1.165) is 24.6 Å². The van der Waals surface area contributed by atoms with Gasteiger partial charge in [-0.25, -0.2) is 0 Å². The summed E-state index contributed by atoms with van der Waals surface area (Å²) >= 11 is 0. The van der Waals surface area contributed by atoms with Gasteiger partial charge in [0.05, 0.1) is 0 Å². The fraction of sp³-hybridized carbons (Fsp3) is 0.533. The standard InChI is InChI=1S/C15H24N4/c1-19-11-8-13(9-12-19)7-10-17-15(16)18-14-5-3-2-4-6-14/h2-6,13H,7-12H2,1H3,(H3,16,17,18). The number of hydrogen-bond acceptors (Lipinski definition) is 2. The quantitative estimate of drug-likeness (QED) is 0.644. The molecule has 0 aromatic heterocycles. The van der Waals surface area contributed by atoms with Crippen LogP contribution in [0.3, 0.4) is 0 Å². The van der Waals surface area contributed by atoms with Crippen molar-refractivity contribution in [2.24, 2.45) is 16.6 Å². The third kappa shape index (κ3) is 4.91. The van der Waals surface area contributed by atoms with E-state index in [4.69, 9.17) is 5.73 Å². The summed E-state index contributed by atoms with van der Waals surface area (Å²) in [5.74, 6) is 1.32. The third-order valence-corrected chi connectivity index (χ3v) is 3.70. The lowest BCUT2D eigenvalue weighted by molar-refractivity contribution is 0.214. The zero-order valence-corrected chi connectivity index (χ0v) is 11.7. The second-order valence-corrected chi connectivity index (χ2v) is 5.29. The molecule has 0 amide bonds. The number of nitrogens with one attached hydrogen (secondary N) is 1. The minimum atomic E-state index is 0.513. The summed E-state index contributed by atoms with van der Waals surface area (Å²) in [7, 11) is 2.19. The van der Waals surface area contributed by atoms with Gasteiger partial charge in [-0.3, -0.25) is 4.99 Å². The molecule has 1 aromatic carbocycles. The van der Waals surface area contributed by atoms with Crippen LogP contribution in [-0.2, 0) is 0 Å². The van der Waals surface area contributed by atoms with Crippen LogP contribution in [0.2, 0.25) is 0 Å². The van der Waals surface area contributed by atoms with Crippen LogP contribution < -0.4 is 11.1 Å². The highest BCUT2D eigenvalue weighted by molar-refractivity contribution is 5.92. The summed E-state index contributed by atoms with van der Waals surface area (Å²) in [5, 5.41) is 3.11. The van der Waals surface area contributed by atoms with E-state index < -0.39 is 0 Å². The number of nitrogens with two attached hydrogens (primary N) is 1. The summed E-state index contributed by atoms with van der Waals surface area (Å²) in [5.41, 5.74) is 6.86. The van der Waals surface area contributed by atoms with E-state index in [-0.39, 0.29) is 0 Å². The molecule has 4 nitrogen and oxygen atoms in total. The number of piperidine rings is 1. The monoisotopic (exact) mass is 260 g/mol. The van der Waals surface area contributed by atoms with Crippen molar-refractivity contribution in [2.75, 3.05) is 32.0 Å². The molecule has 19 heavy (non-hydrogen) atoms. The van der Waals surface area contributed by atoms with Gasteiger partial charge in [-0.2, -0.15) is 0 Å². The first-order valence-corrected chi connectivity index (χ1v) is 7.04. The second kappa shape index (κ2) is 7.14. The minimum absolute atomic E-state index is 0.513. The summed E-state index contributed by atoms with van der Waals surface area (Å²) in [6.45, 7) is 3.25. The number of para-hydroxylation sites is 1. The van der Waals surface area contributed by atoms with Crippen LogP contribution in [0.1, 0.15) is 19.3 Å². The van der Waals surface area contributed by atoms with Crippen LogP contribution >= 0.6 is 0 Å². The van der Waals surface area contributed by atoms with Crippen LogP contribution in [0.25, 0.3) is 0 Å². The van der Waals surface area contributed by atoms with Crippen molar-refractivity contribution >= 4 is 11.6 Å². The lowest BCUT2D eigenvalue weighted by Gasteiger charge is -2.28. The molecule has 1 saturated heterocycles. The Morgan fingerprint density at radius 1 is 1.32 bits per heavy atom. The van der Waals surface area contributed by atoms with Crippen LogP contribution in [0.4, 0.5) is 5.69 Å². The summed E-state index contributed by atoms with van der Waals surface area (Å²) in [6.07, 6.45) is 3.72. The highest BCUT2D eigenvalue weighted by atomic mass is 15.1. The summed E-state index contributed by atoms with van der Waals surface area (Å²) in [4.78, 5) is 6.80. The molecule has 0 aliphatic carbocycles. The van der Waals surface area contributed by atoms with Gasteiger partial charge in [-0.05, 0) is 57.5 Å². The van der Waals surface area contributed by atoms with E-state index in [1.165, 1.54) is 25.9 Å². The van der Waals surface area contributed by atoms with Crippen LogP contribution in [0.5, 0.6) is 0 Å². The van der Waals surface area contributed by atoms with E-state index in [1.807, 2.05) is 30.3 Å². The van der Waals surface area contributed by atoms with Crippen LogP contribution in [0.15, 0.2) is 35.3 Å². The maximum atomic E-state index is 5.87. The summed E-state index contributed by atoms with van der Waals surface area (Å²) in [6, 6.07) is 9.92. The van der Waals surface area contributed by atoms with E-state index in [9.17, 15) is 0 Å². The van der Waals surface area contributed by atoms with Gasteiger partial charge < -0.3 is 16.0 Å². The smallest absolute Gasteiger partial charge is 0.193 e. The number of guanidine groups is 1. The number of aliphatic imine (C=N–C) groups is 1. The minimum Gasteiger partial charge on any atom is -0.370 e. The molecule has 104 valence electrons. The fourth-order valence-corrected chi connectivity index (χ4v) is 2.43. The molecule has 0 spiro atoms. The number of hydrogen-bond donors (Lipinski definition) is 2. The van der Waals surface area contributed by atoms with Gasteiger partial charge in [0.2, 0.25) is 0 Å². The Balaban J connectivity index is 1.70. The van der Waals surface area contributed by atoms with E-state index in [2.05, 4.69) is 22.3 Å². The highest BCUT2D eigenvalue weighted by Crippen LogP contribution is 2.19. The molecule has 0 saturated carbocycles. The molecule has 4 heteroatoms. The van der Waals surface area contributed by atoms with Gasteiger partial charge in [0.1, 0.15) is 0 Å². The molecule has 0 radical (unpaired) electrons. The van der Waals surface area contributed by atoms with Crippen LogP contribution in [0, 0.1) is 5.92 Å². The Hall–Kier alpha value is -1.55. The maximum absolute atomic E-state index is 5.87.